The minimum atomic E-state index is 0.433. The molecule has 0 saturated heterocycles. The zero-order chi connectivity index (χ0) is 14.5. The van der Waals surface area contributed by atoms with E-state index in [1.165, 1.54) is 24.8 Å². The topological polar surface area (TPSA) is 47.0 Å². The molecular formula is C16H27N3O. The lowest BCUT2D eigenvalue weighted by Crippen LogP contribution is -2.25. The molecule has 4 heteroatoms. The molecule has 0 radical (unpaired) electrons. The number of aromatic nitrogens is 2. The molecule has 4 nitrogen and oxygen atoms in total. The largest absolute Gasteiger partial charge is 0.383 e. The van der Waals surface area contributed by atoms with Gasteiger partial charge in [0.1, 0.15) is 5.82 Å². The van der Waals surface area contributed by atoms with Crippen LogP contribution >= 0.6 is 0 Å². The molecule has 1 unspecified atom stereocenters. The van der Waals surface area contributed by atoms with E-state index in [4.69, 9.17) is 14.7 Å². The molecule has 1 aromatic rings. The normalized spacial score (nSPS) is 17.0. The smallest absolute Gasteiger partial charge is 0.131 e. The highest BCUT2D eigenvalue weighted by Crippen LogP contribution is 2.35. The molecule has 1 aromatic heterocycles. The molecule has 0 amide bonds. The van der Waals surface area contributed by atoms with Crippen molar-refractivity contribution in [1.82, 2.24) is 15.3 Å². The maximum Gasteiger partial charge on any atom is 0.131 e. The van der Waals surface area contributed by atoms with Crippen molar-refractivity contribution in [3.8, 4) is 0 Å². The number of hydrogen-bond acceptors (Lipinski definition) is 4. The highest BCUT2D eigenvalue weighted by Gasteiger charge is 2.24. The SMILES string of the molecule is COCCNCC(C)c1c(C)nc(C2CCC2)nc1C. The van der Waals surface area contributed by atoms with E-state index in [0.717, 1.165) is 36.9 Å². The first kappa shape index (κ1) is 15.4. The van der Waals surface area contributed by atoms with Gasteiger partial charge in [-0.2, -0.15) is 0 Å². The number of rotatable bonds is 7. The number of methoxy groups -OCH3 is 1. The number of nitrogens with one attached hydrogen (secondary N) is 1. The molecule has 1 fully saturated rings. The lowest BCUT2D eigenvalue weighted by atomic mass is 9.84. The summed E-state index contributed by atoms with van der Waals surface area (Å²) >= 11 is 0. The van der Waals surface area contributed by atoms with Crippen molar-refractivity contribution < 1.29 is 4.74 Å². The molecule has 1 N–H and O–H groups in total. The van der Waals surface area contributed by atoms with Crippen molar-refractivity contribution in [1.29, 1.82) is 0 Å². The van der Waals surface area contributed by atoms with Crippen LogP contribution in [-0.4, -0.2) is 36.8 Å². The van der Waals surface area contributed by atoms with Crippen LogP contribution in [0.1, 0.15) is 60.8 Å². The average Bonchev–Trinajstić information content (AvgIpc) is 2.31. The second-order valence-corrected chi connectivity index (χ2v) is 5.89. The van der Waals surface area contributed by atoms with Crippen molar-refractivity contribution in [2.45, 2.75) is 51.9 Å². The van der Waals surface area contributed by atoms with E-state index in [1.807, 2.05) is 0 Å². The molecule has 20 heavy (non-hydrogen) atoms. The first-order valence-corrected chi connectivity index (χ1v) is 7.68. The van der Waals surface area contributed by atoms with Crippen LogP contribution < -0.4 is 5.32 Å². The predicted molar refractivity (Wildman–Crippen MR) is 81.3 cm³/mol. The van der Waals surface area contributed by atoms with Gasteiger partial charge in [0.05, 0.1) is 6.61 Å². The molecule has 1 aliphatic carbocycles. The minimum Gasteiger partial charge on any atom is -0.383 e. The van der Waals surface area contributed by atoms with Crippen LogP contribution in [0.5, 0.6) is 0 Å². The van der Waals surface area contributed by atoms with Gasteiger partial charge in [-0.05, 0) is 38.2 Å². The molecule has 1 heterocycles. The van der Waals surface area contributed by atoms with Gasteiger partial charge in [-0.3, -0.25) is 0 Å². The summed E-state index contributed by atoms with van der Waals surface area (Å²) in [5, 5.41) is 3.42. The molecule has 0 aromatic carbocycles. The quantitative estimate of drug-likeness (QED) is 0.778. The number of nitrogens with zero attached hydrogens (tertiary/aromatic N) is 2. The zero-order valence-electron chi connectivity index (χ0n) is 13.2. The van der Waals surface area contributed by atoms with Crippen LogP contribution in [0, 0.1) is 13.8 Å². The Balaban J connectivity index is 2.03. The van der Waals surface area contributed by atoms with E-state index in [1.54, 1.807) is 7.11 Å². The van der Waals surface area contributed by atoms with Crippen molar-refractivity contribution in [2.75, 3.05) is 26.8 Å². The average molecular weight is 277 g/mol. The van der Waals surface area contributed by atoms with Crippen molar-refractivity contribution in [2.24, 2.45) is 0 Å². The van der Waals surface area contributed by atoms with Crippen LogP contribution in [0.4, 0.5) is 0 Å². The van der Waals surface area contributed by atoms with Crippen LogP contribution in [0.25, 0.3) is 0 Å². The van der Waals surface area contributed by atoms with Crippen molar-refractivity contribution >= 4 is 0 Å². The number of hydrogen-bond donors (Lipinski definition) is 1. The third-order valence-corrected chi connectivity index (χ3v) is 4.24. The van der Waals surface area contributed by atoms with Gasteiger partial charge in [-0.25, -0.2) is 9.97 Å². The summed E-state index contributed by atoms with van der Waals surface area (Å²) < 4.78 is 5.05. The molecule has 1 aliphatic rings. The van der Waals surface area contributed by atoms with E-state index in [2.05, 4.69) is 26.1 Å². The summed E-state index contributed by atoms with van der Waals surface area (Å²) in [6, 6.07) is 0. The first-order valence-electron chi connectivity index (χ1n) is 7.68. The number of aryl methyl sites for hydroxylation is 2. The van der Waals surface area contributed by atoms with Crippen LogP contribution in [0.3, 0.4) is 0 Å². The minimum absolute atomic E-state index is 0.433. The van der Waals surface area contributed by atoms with E-state index < -0.39 is 0 Å². The Kier molecular flexibility index (Phi) is 5.49. The molecule has 2 rings (SSSR count). The fourth-order valence-electron chi connectivity index (χ4n) is 2.91. The molecule has 0 spiro atoms. The number of ether oxygens (including phenoxy) is 1. The van der Waals surface area contributed by atoms with Crippen molar-refractivity contribution in [3.63, 3.8) is 0 Å². The Labute approximate surface area is 122 Å². The lowest BCUT2D eigenvalue weighted by molar-refractivity contribution is 0.199. The van der Waals surface area contributed by atoms with Gasteiger partial charge >= 0.3 is 0 Å². The third-order valence-electron chi connectivity index (χ3n) is 4.24. The second-order valence-electron chi connectivity index (χ2n) is 5.89. The molecule has 112 valence electrons. The first-order chi connectivity index (χ1) is 9.63. The summed E-state index contributed by atoms with van der Waals surface area (Å²) in [4.78, 5) is 9.52. The Morgan fingerprint density at radius 3 is 2.40 bits per heavy atom. The van der Waals surface area contributed by atoms with Crippen LogP contribution in [0.2, 0.25) is 0 Å². The highest BCUT2D eigenvalue weighted by atomic mass is 16.5. The van der Waals surface area contributed by atoms with Gasteiger partial charge in [0.15, 0.2) is 0 Å². The van der Waals surface area contributed by atoms with Crippen LogP contribution in [0.15, 0.2) is 0 Å². The summed E-state index contributed by atoms with van der Waals surface area (Å²) in [5.74, 6) is 2.11. The molecule has 1 saturated carbocycles. The third kappa shape index (κ3) is 3.55. The van der Waals surface area contributed by atoms with Gasteiger partial charge < -0.3 is 10.1 Å². The van der Waals surface area contributed by atoms with E-state index in [9.17, 15) is 0 Å². The summed E-state index contributed by atoms with van der Waals surface area (Å²) in [7, 11) is 1.73. The molecule has 0 bridgehead atoms. The molecule has 1 atom stereocenters. The van der Waals surface area contributed by atoms with Gasteiger partial charge in [-0.1, -0.05) is 13.3 Å². The Bertz CT molecular complexity index is 420. The van der Waals surface area contributed by atoms with Gasteiger partial charge in [0, 0.05) is 37.5 Å². The zero-order valence-corrected chi connectivity index (χ0v) is 13.2. The Morgan fingerprint density at radius 2 is 1.90 bits per heavy atom. The predicted octanol–water partition coefficient (Wildman–Crippen LogP) is 2.70. The fourth-order valence-corrected chi connectivity index (χ4v) is 2.91. The lowest BCUT2D eigenvalue weighted by Gasteiger charge is -2.26. The van der Waals surface area contributed by atoms with Gasteiger partial charge in [0.2, 0.25) is 0 Å². The fraction of sp³-hybridized carbons (Fsp3) is 0.750. The Morgan fingerprint density at radius 1 is 1.25 bits per heavy atom. The summed E-state index contributed by atoms with van der Waals surface area (Å²) in [5.41, 5.74) is 3.61. The van der Waals surface area contributed by atoms with Gasteiger partial charge in [0.25, 0.3) is 0 Å². The Hall–Kier alpha value is -1.00. The maximum atomic E-state index is 5.05. The van der Waals surface area contributed by atoms with Gasteiger partial charge in [-0.15, -0.1) is 0 Å². The molecule has 0 aliphatic heterocycles. The highest BCUT2D eigenvalue weighted by molar-refractivity contribution is 5.29. The van der Waals surface area contributed by atoms with E-state index in [0.29, 0.717) is 11.8 Å². The van der Waals surface area contributed by atoms with Crippen LogP contribution in [-0.2, 0) is 4.74 Å². The van der Waals surface area contributed by atoms with E-state index >= 15 is 0 Å². The summed E-state index contributed by atoms with van der Waals surface area (Å²) in [6.45, 7) is 9.07. The monoisotopic (exact) mass is 277 g/mol. The standard InChI is InChI=1S/C16H27N3O/c1-11(10-17-8-9-20-4)15-12(2)18-16(19-13(15)3)14-6-5-7-14/h11,14,17H,5-10H2,1-4H3. The van der Waals surface area contributed by atoms with Crippen molar-refractivity contribution in [3.05, 3.63) is 22.8 Å². The van der Waals surface area contributed by atoms with E-state index in [-0.39, 0.29) is 0 Å². The summed E-state index contributed by atoms with van der Waals surface area (Å²) in [6.07, 6.45) is 3.84. The maximum absolute atomic E-state index is 5.05. The second kappa shape index (κ2) is 7.14. The molecular weight excluding hydrogens is 250 g/mol.